The van der Waals surface area contributed by atoms with E-state index < -0.39 is 0 Å². The van der Waals surface area contributed by atoms with E-state index in [2.05, 4.69) is 39.2 Å². The SMILES string of the molecule is COc1cc(N2CCC(CN3CCNC(c4ccc5c(c4C)COC5=O)C3)C2)ncc1C#N. The van der Waals surface area contributed by atoms with Gasteiger partial charge in [-0.25, -0.2) is 9.78 Å². The molecule has 2 saturated heterocycles. The van der Waals surface area contributed by atoms with Gasteiger partial charge in [0, 0.05) is 56.9 Å². The van der Waals surface area contributed by atoms with Gasteiger partial charge in [-0.15, -0.1) is 0 Å². The topological polar surface area (TPSA) is 90.7 Å². The molecular weight excluding hydrogens is 418 g/mol. The van der Waals surface area contributed by atoms with Crippen molar-refractivity contribution in [3.05, 3.63) is 52.2 Å². The Bertz CT molecular complexity index is 1110. The molecule has 4 heterocycles. The molecular formula is C25H29N5O3. The number of hydrogen-bond acceptors (Lipinski definition) is 8. The molecule has 0 spiro atoms. The number of nitrogens with zero attached hydrogens (tertiary/aromatic N) is 4. The maximum atomic E-state index is 11.9. The fourth-order valence-corrected chi connectivity index (χ4v) is 5.34. The Labute approximate surface area is 194 Å². The van der Waals surface area contributed by atoms with Crippen LogP contribution in [0.15, 0.2) is 24.4 Å². The molecule has 0 radical (unpaired) electrons. The van der Waals surface area contributed by atoms with Crippen LogP contribution in [-0.2, 0) is 11.3 Å². The summed E-state index contributed by atoms with van der Waals surface area (Å²) in [4.78, 5) is 21.2. The monoisotopic (exact) mass is 447 g/mol. The van der Waals surface area contributed by atoms with E-state index in [9.17, 15) is 10.1 Å². The van der Waals surface area contributed by atoms with Gasteiger partial charge in [0.25, 0.3) is 0 Å². The summed E-state index contributed by atoms with van der Waals surface area (Å²) >= 11 is 0. The molecule has 1 aromatic carbocycles. The molecule has 2 unspecified atom stereocenters. The number of nitrogens with one attached hydrogen (secondary N) is 1. The summed E-state index contributed by atoms with van der Waals surface area (Å²) in [7, 11) is 1.58. The second-order valence-electron chi connectivity index (χ2n) is 9.10. The Hall–Kier alpha value is -3.15. The molecule has 8 heteroatoms. The molecule has 2 atom stereocenters. The Morgan fingerprint density at radius 2 is 2.21 bits per heavy atom. The standard InChI is InChI=1S/C25H29N5O3/c1-16-19(3-4-20-21(16)15-33-25(20)31)22-14-29(8-6-27-22)12-17-5-7-30(13-17)24-9-23(32-2)18(10-26)11-28-24/h3-4,9,11,17,22,27H,5-8,12-15H2,1-2H3. The van der Waals surface area contributed by atoms with Crippen LogP contribution in [0.3, 0.4) is 0 Å². The zero-order valence-corrected chi connectivity index (χ0v) is 19.1. The minimum Gasteiger partial charge on any atom is -0.495 e. The van der Waals surface area contributed by atoms with Gasteiger partial charge in [-0.2, -0.15) is 5.26 Å². The van der Waals surface area contributed by atoms with Crippen LogP contribution >= 0.6 is 0 Å². The van der Waals surface area contributed by atoms with Crippen molar-refractivity contribution in [3.8, 4) is 11.8 Å². The van der Waals surface area contributed by atoms with E-state index in [1.807, 2.05) is 12.1 Å². The quantitative estimate of drug-likeness (QED) is 0.699. The van der Waals surface area contributed by atoms with Gasteiger partial charge >= 0.3 is 5.97 Å². The van der Waals surface area contributed by atoms with Gasteiger partial charge < -0.3 is 19.7 Å². The van der Waals surface area contributed by atoms with Crippen LogP contribution in [0.1, 0.15) is 45.1 Å². The number of ether oxygens (including phenoxy) is 2. The summed E-state index contributed by atoms with van der Waals surface area (Å²) in [5.74, 6) is 1.81. The zero-order valence-electron chi connectivity index (χ0n) is 19.1. The fraction of sp³-hybridized carbons (Fsp3) is 0.480. The van der Waals surface area contributed by atoms with E-state index >= 15 is 0 Å². The summed E-state index contributed by atoms with van der Waals surface area (Å²) in [5, 5.41) is 12.9. The van der Waals surface area contributed by atoms with Crippen molar-refractivity contribution in [3.63, 3.8) is 0 Å². The summed E-state index contributed by atoms with van der Waals surface area (Å²) in [6, 6.07) is 8.25. The summed E-state index contributed by atoms with van der Waals surface area (Å²) in [6.07, 6.45) is 2.72. The van der Waals surface area contributed by atoms with Gasteiger partial charge in [-0.3, -0.25) is 4.90 Å². The van der Waals surface area contributed by atoms with Crippen LogP contribution in [0.4, 0.5) is 5.82 Å². The Kier molecular flexibility index (Phi) is 5.92. The largest absolute Gasteiger partial charge is 0.495 e. The van der Waals surface area contributed by atoms with Crippen molar-refractivity contribution in [2.24, 2.45) is 5.92 Å². The molecule has 0 amide bonds. The third kappa shape index (κ3) is 4.14. The van der Waals surface area contributed by atoms with Crippen molar-refractivity contribution in [2.75, 3.05) is 51.3 Å². The molecule has 0 aliphatic carbocycles. The lowest BCUT2D eigenvalue weighted by Crippen LogP contribution is -2.47. The van der Waals surface area contributed by atoms with Crippen LogP contribution in [0, 0.1) is 24.2 Å². The van der Waals surface area contributed by atoms with Crippen molar-refractivity contribution in [1.82, 2.24) is 15.2 Å². The number of methoxy groups -OCH3 is 1. The van der Waals surface area contributed by atoms with Crippen LogP contribution in [0.25, 0.3) is 0 Å². The van der Waals surface area contributed by atoms with Crippen molar-refractivity contribution in [1.29, 1.82) is 5.26 Å². The number of cyclic esters (lactones) is 1. The molecule has 1 aromatic heterocycles. The van der Waals surface area contributed by atoms with E-state index in [0.29, 0.717) is 29.4 Å². The second-order valence-corrected chi connectivity index (χ2v) is 9.10. The first-order chi connectivity index (χ1) is 16.1. The first-order valence-electron chi connectivity index (χ1n) is 11.5. The van der Waals surface area contributed by atoms with E-state index in [1.165, 1.54) is 11.1 Å². The van der Waals surface area contributed by atoms with Crippen LogP contribution in [0.5, 0.6) is 5.75 Å². The number of nitriles is 1. The van der Waals surface area contributed by atoms with Crippen LogP contribution in [-0.4, -0.2) is 62.2 Å². The number of benzene rings is 1. The molecule has 172 valence electrons. The highest BCUT2D eigenvalue weighted by Crippen LogP contribution is 2.31. The number of carbonyl (C=O) groups is 1. The Morgan fingerprint density at radius 3 is 3.03 bits per heavy atom. The van der Waals surface area contributed by atoms with E-state index in [0.717, 1.165) is 57.1 Å². The minimum absolute atomic E-state index is 0.210. The molecule has 0 saturated carbocycles. The lowest BCUT2D eigenvalue weighted by Gasteiger charge is -2.36. The Balaban J connectivity index is 1.23. The van der Waals surface area contributed by atoms with Crippen molar-refractivity contribution in [2.45, 2.75) is 26.0 Å². The number of piperazine rings is 1. The van der Waals surface area contributed by atoms with E-state index in [-0.39, 0.29) is 12.0 Å². The number of esters is 1. The Morgan fingerprint density at radius 1 is 1.33 bits per heavy atom. The molecule has 33 heavy (non-hydrogen) atoms. The summed E-state index contributed by atoms with van der Waals surface area (Å²) in [6.45, 7) is 8.37. The van der Waals surface area contributed by atoms with Gasteiger partial charge in [0.1, 0.15) is 29.8 Å². The second kappa shape index (κ2) is 9.00. The summed E-state index contributed by atoms with van der Waals surface area (Å²) < 4.78 is 10.6. The molecule has 0 bridgehead atoms. The van der Waals surface area contributed by atoms with E-state index in [4.69, 9.17) is 9.47 Å². The molecule has 3 aliphatic heterocycles. The van der Waals surface area contributed by atoms with Gasteiger partial charge in [-0.1, -0.05) is 6.07 Å². The highest BCUT2D eigenvalue weighted by atomic mass is 16.5. The molecule has 1 N–H and O–H groups in total. The molecule has 3 aliphatic rings. The number of carbonyl (C=O) groups excluding carboxylic acids is 1. The average molecular weight is 448 g/mol. The van der Waals surface area contributed by atoms with Crippen molar-refractivity contribution < 1.29 is 14.3 Å². The van der Waals surface area contributed by atoms with Crippen molar-refractivity contribution >= 4 is 11.8 Å². The number of rotatable bonds is 5. The lowest BCUT2D eigenvalue weighted by molar-refractivity contribution is 0.0535. The maximum Gasteiger partial charge on any atom is 0.338 e. The first kappa shape index (κ1) is 21.7. The normalized spacial score (nSPS) is 22.7. The minimum atomic E-state index is -0.210. The highest BCUT2D eigenvalue weighted by Gasteiger charge is 2.31. The zero-order chi connectivity index (χ0) is 22.9. The molecule has 2 fully saturated rings. The van der Waals surface area contributed by atoms with E-state index in [1.54, 1.807) is 13.3 Å². The van der Waals surface area contributed by atoms with Crippen LogP contribution in [0.2, 0.25) is 0 Å². The maximum absolute atomic E-state index is 11.9. The molecule has 2 aromatic rings. The predicted octanol–water partition coefficient (Wildman–Crippen LogP) is 2.41. The molecule has 8 nitrogen and oxygen atoms in total. The molecule has 5 rings (SSSR count). The average Bonchev–Trinajstić information content (AvgIpc) is 3.46. The third-order valence-corrected chi connectivity index (χ3v) is 7.16. The highest BCUT2D eigenvalue weighted by molar-refractivity contribution is 5.94. The van der Waals surface area contributed by atoms with Gasteiger partial charge in [0.2, 0.25) is 0 Å². The van der Waals surface area contributed by atoms with Gasteiger partial charge in [-0.05, 0) is 36.5 Å². The fourth-order valence-electron chi connectivity index (χ4n) is 5.34. The van der Waals surface area contributed by atoms with Crippen LogP contribution < -0.4 is 15.0 Å². The third-order valence-electron chi connectivity index (χ3n) is 7.16. The van der Waals surface area contributed by atoms with Gasteiger partial charge in [0.15, 0.2) is 0 Å². The number of fused-ring (bicyclic) bond motifs is 1. The predicted molar refractivity (Wildman–Crippen MR) is 123 cm³/mol. The summed E-state index contributed by atoms with van der Waals surface area (Å²) in [5.41, 5.74) is 4.64. The number of anilines is 1. The number of pyridine rings is 1. The van der Waals surface area contributed by atoms with Gasteiger partial charge in [0.05, 0.1) is 18.9 Å². The lowest BCUT2D eigenvalue weighted by atomic mass is 9.93. The number of aromatic nitrogens is 1. The number of hydrogen-bond donors (Lipinski definition) is 1. The smallest absolute Gasteiger partial charge is 0.338 e. The first-order valence-corrected chi connectivity index (χ1v) is 11.5.